The molecule has 1 amide bonds. The van der Waals surface area contributed by atoms with Crippen LogP contribution in [-0.2, 0) is 5.41 Å². The number of methoxy groups -OCH3 is 1. The van der Waals surface area contributed by atoms with Crippen LogP contribution in [0.2, 0.25) is 0 Å². The molecule has 23 heavy (non-hydrogen) atoms. The molecule has 1 aromatic heterocycles. The van der Waals surface area contributed by atoms with Gasteiger partial charge in [0, 0.05) is 16.8 Å². The minimum Gasteiger partial charge on any atom is -0.496 e. The first kappa shape index (κ1) is 16.0. The highest BCUT2D eigenvalue weighted by atomic mass is 32.1. The third-order valence-corrected chi connectivity index (χ3v) is 5.66. The Morgan fingerprint density at radius 2 is 2.04 bits per heavy atom. The molecule has 5 heteroatoms. The van der Waals surface area contributed by atoms with Gasteiger partial charge < -0.3 is 15.4 Å². The molecule has 2 heterocycles. The summed E-state index contributed by atoms with van der Waals surface area (Å²) in [5.41, 5.74) is 0.627. The summed E-state index contributed by atoms with van der Waals surface area (Å²) in [6.07, 6.45) is 2.08. The van der Waals surface area contributed by atoms with E-state index >= 15 is 0 Å². The fourth-order valence-electron chi connectivity index (χ4n) is 3.17. The monoisotopic (exact) mass is 330 g/mol. The first-order chi connectivity index (χ1) is 11.2. The van der Waals surface area contributed by atoms with Crippen molar-refractivity contribution in [2.45, 2.75) is 18.3 Å². The molecule has 0 aliphatic carbocycles. The van der Waals surface area contributed by atoms with Crippen molar-refractivity contribution in [2.24, 2.45) is 0 Å². The Kier molecular flexibility index (Phi) is 4.98. The van der Waals surface area contributed by atoms with Gasteiger partial charge in [0.25, 0.3) is 5.91 Å². The lowest BCUT2D eigenvalue weighted by atomic mass is 9.77. The van der Waals surface area contributed by atoms with Crippen molar-refractivity contribution in [1.82, 2.24) is 10.6 Å². The second kappa shape index (κ2) is 7.15. The first-order valence-electron chi connectivity index (χ1n) is 7.91. The van der Waals surface area contributed by atoms with Gasteiger partial charge in [0.1, 0.15) is 5.75 Å². The SMILES string of the molecule is COc1ccccc1C(=O)NCC1(c2cccs2)CCNCC1. The third-order valence-electron chi connectivity index (χ3n) is 4.54. The van der Waals surface area contributed by atoms with E-state index < -0.39 is 0 Å². The number of carbonyl (C=O) groups is 1. The summed E-state index contributed by atoms with van der Waals surface area (Å²) in [4.78, 5) is 13.9. The minimum atomic E-state index is -0.0723. The summed E-state index contributed by atoms with van der Waals surface area (Å²) < 4.78 is 5.29. The summed E-state index contributed by atoms with van der Waals surface area (Å²) in [5.74, 6) is 0.539. The summed E-state index contributed by atoms with van der Waals surface area (Å²) in [6, 6.07) is 11.6. The van der Waals surface area contributed by atoms with Crippen molar-refractivity contribution >= 4 is 17.2 Å². The van der Waals surface area contributed by atoms with Crippen LogP contribution < -0.4 is 15.4 Å². The zero-order chi connectivity index (χ0) is 16.1. The van der Waals surface area contributed by atoms with E-state index in [0.717, 1.165) is 25.9 Å². The maximum atomic E-state index is 12.6. The molecule has 0 saturated carbocycles. The average Bonchev–Trinajstić information content (AvgIpc) is 3.16. The Morgan fingerprint density at radius 1 is 1.26 bits per heavy atom. The lowest BCUT2D eigenvalue weighted by Crippen LogP contribution is -2.47. The molecule has 2 aromatic rings. The average molecular weight is 330 g/mol. The first-order valence-corrected chi connectivity index (χ1v) is 8.79. The van der Waals surface area contributed by atoms with Crippen molar-refractivity contribution in [3.63, 3.8) is 0 Å². The van der Waals surface area contributed by atoms with Gasteiger partial charge in [-0.2, -0.15) is 0 Å². The Balaban J connectivity index is 1.75. The summed E-state index contributed by atoms with van der Waals surface area (Å²) >= 11 is 1.78. The molecule has 2 N–H and O–H groups in total. The van der Waals surface area contributed by atoms with Crippen LogP contribution in [0.3, 0.4) is 0 Å². The van der Waals surface area contributed by atoms with E-state index in [9.17, 15) is 4.79 Å². The van der Waals surface area contributed by atoms with Gasteiger partial charge in [-0.1, -0.05) is 18.2 Å². The normalized spacial score (nSPS) is 16.7. The van der Waals surface area contributed by atoms with Gasteiger partial charge >= 0.3 is 0 Å². The number of rotatable bonds is 5. The zero-order valence-electron chi connectivity index (χ0n) is 13.3. The number of carbonyl (C=O) groups excluding carboxylic acids is 1. The smallest absolute Gasteiger partial charge is 0.255 e. The van der Waals surface area contributed by atoms with E-state index in [1.54, 1.807) is 24.5 Å². The highest BCUT2D eigenvalue weighted by Gasteiger charge is 2.35. The fraction of sp³-hybridized carbons (Fsp3) is 0.389. The number of benzene rings is 1. The fourth-order valence-corrected chi connectivity index (χ4v) is 4.16. The number of para-hydroxylation sites is 1. The van der Waals surface area contributed by atoms with Crippen LogP contribution >= 0.6 is 11.3 Å². The second-order valence-corrected chi connectivity index (χ2v) is 6.84. The predicted molar refractivity (Wildman–Crippen MR) is 93.4 cm³/mol. The van der Waals surface area contributed by atoms with E-state index in [1.807, 2.05) is 18.2 Å². The molecular formula is C18H22N2O2S. The van der Waals surface area contributed by atoms with E-state index in [-0.39, 0.29) is 11.3 Å². The van der Waals surface area contributed by atoms with Crippen molar-refractivity contribution in [1.29, 1.82) is 0 Å². The molecule has 0 spiro atoms. The molecule has 122 valence electrons. The summed E-state index contributed by atoms with van der Waals surface area (Å²) in [7, 11) is 1.59. The van der Waals surface area contributed by atoms with Crippen molar-refractivity contribution < 1.29 is 9.53 Å². The second-order valence-electron chi connectivity index (χ2n) is 5.89. The van der Waals surface area contributed by atoms with Gasteiger partial charge in [0.2, 0.25) is 0 Å². The molecule has 0 radical (unpaired) electrons. The number of hydrogen-bond acceptors (Lipinski definition) is 4. The lowest BCUT2D eigenvalue weighted by Gasteiger charge is -2.37. The highest BCUT2D eigenvalue weighted by Crippen LogP contribution is 2.36. The molecule has 1 aromatic carbocycles. The zero-order valence-corrected chi connectivity index (χ0v) is 14.1. The van der Waals surface area contributed by atoms with Crippen LogP contribution in [0.5, 0.6) is 5.75 Å². The Labute approximate surface area is 140 Å². The Morgan fingerprint density at radius 3 is 2.74 bits per heavy atom. The van der Waals surface area contributed by atoms with Crippen LogP contribution in [0, 0.1) is 0 Å². The maximum absolute atomic E-state index is 12.6. The van der Waals surface area contributed by atoms with Gasteiger partial charge in [0.05, 0.1) is 12.7 Å². The van der Waals surface area contributed by atoms with Crippen LogP contribution in [0.15, 0.2) is 41.8 Å². The predicted octanol–water partition coefficient (Wildman–Crippen LogP) is 2.81. The van der Waals surface area contributed by atoms with E-state index in [1.165, 1.54) is 4.88 Å². The molecule has 1 aliphatic heterocycles. The van der Waals surface area contributed by atoms with Crippen molar-refractivity contribution in [2.75, 3.05) is 26.7 Å². The topological polar surface area (TPSA) is 50.4 Å². The maximum Gasteiger partial charge on any atom is 0.255 e. The number of ether oxygens (including phenoxy) is 1. The van der Waals surface area contributed by atoms with Crippen LogP contribution in [-0.4, -0.2) is 32.7 Å². The molecule has 3 rings (SSSR count). The van der Waals surface area contributed by atoms with Gasteiger partial charge in [-0.05, 0) is 49.5 Å². The Hall–Kier alpha value is -1.85. The molecule has 0 unspecified atom stereocenters. The largest absolute Gasteiger partial charge is 0.496 e. The molecule has 0 atom stereocenters. The molecule has 1 saturated heterocycles. The number of piperidine rings is 1. The van der Waals surface area contributed by atoms with Gasteiger partial charge in [-0.15, -0.1) is 11.3 Å². The molecule has 1 fully saturated rings. The van der Waals surface area contributed by atoms with Crippen molar-refractivity contribution in [3.8, 4) is 5.75 Å². The van der Waals surface area contributed by atoms with Gasteiger partial charge in [-0.25, -0.2) is 0 Å². The van der Waals surface area contributed by atoms with Gasteiger partial charge in [-0.3, -0.25) is 4.79 Å². The quantitative estimate of drug-likeness (QED) is 0.886. The molecule has 1 aliphatic rings. The summed E-state index contributed by atoms with van der Waals surface area (Å²) in [5, 5.41) is 8.66. The van der Waals surface area contributed by atoms with Crippen molar-refractivity contribution in [3.05, 3.63) is 52.2 Å². The Bertz CT molecular complexity index is 649. The van der Waals surface area contributed by atoms with E-state index in [4.69, 9.17) is 4.74 Å². The van der Waals surface area contributed by atoms with Crippen LogP contribution in [0.1, 0.15) is 28.1 Å². The standard InChI is InChI=1S/C18H22N2O2S/c1-22-15-6-3-2-5-14(15)17(21)20-13-18(8-10-19-11-9-18)16-7-4-12-23-16/h2-7,12,19H,8-11,13H2,1H3,(H,20,21). The van der Waals surface area contributed by atoms with Gasteiger partial charge in [0.15, 0.2) is 0 Å². The molecule has 4 nitrogen and oxygen atoms in total. The van der Waals surface area contributed by atoms with E-state index in [0.29, 0.717) is 17.9 Å². The third kappa shape index (κ3) is 3.41. The van der Waals surface area contributed by atoms with Crippen LogP contribution in [0.25, 0.3) is 0 Å². The summed E-state index contributed by atoms with van der Waals surface area (Å²) in [6.45, 7) is 2.64. The number of thiophene rings is 1. The highest BCUT2D eigenvalue weighted by molar-refractivity contribution is 7.10. The van der Waals surface area contributed by atoms with Crippen LogP contribution in [0.4, 0.5) is 0 Å². The lowest BCUT2D eigenvalue weighted by molar-refractivity contribution is 0.0935. The molecular weight excluding hydrogens is 308 g/mol. The number of nitrogens with one attached hydrogen (secondary N) is 2. The van der Waals surface area contributed by atoms with E-state index in [2.05, 4.69) is 28.1 Å². The molecule has 0 bridgehead atoms. The number of amides is 1. The minimum absolute atomic E-state index is 0.0388. The number of hydrogen-bond donors (Lipinski definition) is 2.